The van der Waals surface area contributed by atoms with Gasteiger partial charge in [0.2, 0.25) is 0 Å². The summed E-state index contributed by atoms with van der Waals surface area (Å²) in [6, 6.07) is 0. The fourth-order valence-electron chi connectivity index (χ4n) is 0.913. The molecule has 0 atom stereocenters. The second-order valence-corrected chi connectivity index (χ2v) is 4.52. The van der Waals surface area contributed by atoms with Gasteiger partial charge in [0.1, 0.15) is 0 Å². The normalized spacial score (nSPS) is 10.5. The lowest BCUT2D eigenvalue weighted by molar-refractivity contribution is 0.965. The van der Waals surface area contributed by atoms with Crippen LogP contribution in [-0.4, -0.2) is 6.54 Å². The Morgan fingerprint density at radius 3 is 2.36 bits per heavy atom. The Morgan fingerprint density at radius 1 is 1.36 bits per heavy atom. The van der Waals surface area contributed by atoms with E-state index in [1.165, 1.54) is 11.3 Å². The van der Waals surface area contributed by atoms with Gasteiger partial charge in [0.15, 0.2) is 0 Å². The quantitative estimate of drug-likeness (QED) is 0.797. The molecule has 0 aliphatic heterocycles. The van der Waals surface area contributed by atoms with E-state index in [4.69, 9.17) is 28.9 Å². The van der Waals surface area contributed by atoms with E-state index in [1.54, 1.807) is 0 Å². The molecule has 0 spiro atoms. The molecular weight excluding hydrogens is 201 g/mol. The van der Waals surface area contributed by atoms with Gasteiger partial charge in [-0.15, -0.1) is 11.3 Å². The number of thiophene rings is 1. The Kier molecular flexibility index (Phi) is 3.19. The third-order valence-corrected chi connectivity index (χ3v) is 3.44. The van der Waals surface area contributed by atoms with Gasteiger partial charge in [-0.25, -0.2) is 0 Å². The van der Waals surface area contributed by atoms with E-state index in [-0.39, 0.29) is 0 Å². The number of hydrogen-bond donors (Lipinski definition) is 1. The molecule has 0 saturated carbocycles. The summed E-state index contributed by atoms with van der Waals surface area (Å²) in [4.78, 5) is 0. The molecule has 0 amide bonds. The fourth-order valence-corrected chi connectivity index (χ4v) is 2.66. The second-order valence-electron chi connectivity index (χ2n) is 2.29. The van der Waals surface area contributed by atoms with Crippen LogP contribution in [0.2, 0.25) is 8.67 Å². The summed E-state index contributed by atoms with van der Waals surface area (Å²) in [7, 11) is 0. The van der Waals surface area contributed by atoms with Gasteiger partial charge < -0.3 is 5.73 Å². The molecule has 0 bridgehead atoms. The molecule has 0 saturated heterocycles. The smallest absolute Gasteiger partial charge is 0.0979 e. The van der Waals surface area contributed by atoms with E-state index in [2.05, 4.69) is 0 Å². The van der Waals surface area contributed by atoms with Crippen molar-refractivity contribution in [2.24, 2.45) is 5.73 Å². The number of nitrogens with two attached hydrogens (primary N) is 1. The number of hydrogen-bond acceptors (Lipinski definition) is 2. The molecule has 2 N–H and O–H groups in total. The van der Waals surface area contributed by atoms with Crippen LogP contribution in [0.3, 0.4) is 0 Å². The van der Waals surface area contributed by atoms with Crippen LogP contribution >= 0.6 is 34.5 Å². The van der Waals surface area contributed by atoms with Gasteiger partial charge in [0.05, 0.1) is 8.67 Å². The van der Waals surface area contributed by atoms with Gasteiger partial charge >= 0.3 is 0 Å². The molecule has 1 aromatic heterocycles. The fraction of sp³-hybridized carbons (Fsp3) is 0.429. The maximum absolute atomic E-state index is 5.91. The molecule has 0 radical (unpaired) electrons. The first-order chi connectivity index (χ1) is 5.16. The van der Waals surface area contributed by atoms with Gasteiger partial charge in [0.25, 0.3) is 0 Å². The van der Waals surface area contributed by atoms with Crippen molar-refractivity contribution < 1.29 is 0 Å². The molecule has 62 valence electrons. The molecule has 0 fully saturated rings. The SMILES string of the molecule is Cc1c(Cl)sc(Cl)c1CCN. The van der Waals surface area contributed by atoms with Crippen molar-refractivity contribution in [3.8, 4) is 0 Å². The summed E-state index contributed by atoms with van der Waals surface area (Å²) in [5, 5.41) is 0. The third kappa shape index (κ3) is 1.88. The summed E-state index contributed by atoms with van der Waals surface area (Å²) < 4.78 is 1.55. The van der Waals surface area contributed by atoms with Gasteiger partial charge in [-0.1, -0.05) is 23.2 Å². The van der Waals surface area contributed by atoms with Crippen molar-refractivity contribution in [3.05, 3.63) is 19.8 Å². The zero-order valence-corrected chi connectivity index (χ0v) is 8.48. The van der Waals surface area contributed by atoms with E-state index in [1.807, 2.05) is 6.92 Å². The van der Waals surface area contributed by atoms with Gasteiger partial charge in [-0.2, -0.15) is 0 Å². The highest BCUT2D eigenvalue weighted by molar-refractivity contribution is 7.20. The van der Waals surface area contributed by atoms with Crippen molar-refractivity contribution >= 4 is 34.5 Å². The van der Waals surface area contributed by atoms with Gasteiger partial charge in [-0.3, -0.25) is 0 Å². The van der Waals surface area contributed by atoms with Gasteiger partial charge in [-0.05, 0) is 31.0 Å². The highest BCUT2D eigenvalue weighted by atomic mass is 35.5. The third-order valence-electron chi connectivity index (χ3n) is 1.56. The van der Waals surface area contributed by atoms with E-state index in [0.717, 1.165) is 26.2 Å². The van der Waals surface area contributed by atoms with Crippen LogP contribution in [-0.2, 0) is 6.42 Å². The predicted molar refractivity (Wildman–Crippen MR) is 51.8 cm³/mol. The summed E-state index contributed by atoms with van der Waals surface area (Å²) >= 11 is 13.2. The first-order valence-corrected chi connectivity index (χ1v) is 4.87. The molecule has 0 aliphatic rings. The largest absolute Gasteiger partial charge is 0.330 e. The monoisotopic (exact) mass is 209 g/mol. The zero-order valence-electron chi connectivity index (χ0n) is 6.16. The molecular formula is C7H9Cl2NS. The Bertz CT molecular complexity index is 257. The van der Waals surface area contributed by atoms with Crippen LogP contribution in [0, 0.1) is 6.92 Å². The second kappa shape index (κ2) is 3.76. The lowest BCUT2D eigenvalue weighted by Crippen LogP contribution is -2.02. The molecule has 1 rings (SSSR count). The predicted octanol–water partition coefficient (Wildman–Crippen LogP) is 2.86. The average Bonchev–Trinajstić information content (AvgIpc) is 2.17. The van der Waals surface area contributed by atoms with E-state index in [0.29, 0.717) is 6.54 Å². The van der Waals surface area contributed by atoms with Gasteiger partial charge in [0, 0.05) is 0 Å². The van der Waals surface area contributed by atoms with Crippen molar-refractivity contribution in [1.82, 2.24) is 0 Å². The Labute approximate surface area is 80.1 Å². The molecule has 0 aromatic carbocycles. The Hall–Kier alpha value is 0.240. The van der Waals surface area contributed by atoms with Crippen LogP contribution in [0.15, 0.2) is 0 Å². The van der Waals surface area contributed by atoms with Crippen LogP contribution in [0.5, 0.6) is 0 Å². The Balaban J connectivity index is 3.02. The maximum Gasteiger partial charge on any atom is 0.0979 e. The van der Waals surface area contributed by atoms with Crippen molar-refractivity contribution in [3.63, 3.8) is 0 Å². The van der Waals surface area contributed by atoms with Crippen LogP contribution in [0.25, 0.3) is 0 Å². The van der Waals surface area contributed by atoms with Crippen molar-refractivity contribution in [2.75, 3.05) is 6.54 Å². The highest BCUT2D eigenvalue weighted by Crippen LogP contribution is 2.35. The summed E-state index contributed by atoms with van der Waals surface area (Å²) in [6.45, 7) is 2.59. The standard InChI is InChI=1S/C7H9Cl2NS/c1-4-5(2-3-10)7(9)11-6(4)8/h2-3,10H2,1H3. The minimum atomic E-state index is 0.619. The molecule has 1 aromatic rings. The molecule has 0 aliphatic carbocycles. The summed E-state index contributed by atoms with van der Waals surface area (Å²) in [6.07, 6.45) is 0.813. The number of rotatable bonds is 2. The van der Waals surface area contributed by atoms with E-state index < -0.39 is 0 Å². The Morgan fingerprint density at radius 2 is 2.00 bits per heavy atom. The van der Waals surface area contributed by atoms with Crippen molar-refractivity contribution in [2.45, 2.75) is 13.3 Å². The average molecular weight is 210 g/mol. The molecule has 1 heterocycles. The molecule has 0 unspecified atom stereocenters. The first kappa shape index (κ1) is 9.33. The van der Waals surface area contributed by atoms with E-state index >= 15 is 0 Å². The van der Waals surface area contributed by atoms with Crippen LogP contribution < -0.4 is 5.73 Å². The summed E-state index contributed by atoms with van der Waals surface area (Å²) in [5.74, 6) is 0. The number of halogens is 2. The minimum absolute atomic E-state index is 0.619. The van der Waals surface area contributed by atoms with Crippen molar-refractivity contribution in [1.29, 1.82) is 0 Å². The lowest BCUT2D eigenvalue weighted by atomic mass is 10.1. The topological polar surface area (TPSA) is 26.0 Å². The van der Waals surface area contributed by atoms with Crippen LogP contribution in [0.1, 0.15) is 11.1 Å². The summed E-state index contributed by atoms with van der Waals surface area (Å²) in [5.41, 5.74) is 7.59. The molecule has 1 nitrogen and oxygen atoms in total. The minimum Gasteiger partial charge on any atom is -0.330 e. The zero-order chi connectivity index (χ0) is 8.43. The molecule has 4 heteroatoms. The molecule has 11 heavy (non-hydrogen) atoms. The van der Waals surface area contributed by atoms with E-state index in [9.17, 15) is 0 Å². The maximum atomic E-state index is 5.91. The first-order valence-electron chi connectivity index (χ1n) is 3.30. The lowest BCUT2D eigenvalue weighted by Gasteiger charge is -1.96. The highest BCUT2D eigenvalue weighted by Gasteiger charge is 2.10. The van der Waals surface area contributed by atoms with Crippen LogP contribution in [0.4, 0.5) is 0 Å².